The number of imide groups is 1. The predicted molar refractivity (Wildman–Crippen MR) is 98.0 cm³/mol. The molecule has 0 saturated carbocycles. The van der Waals surface area contributed by atoms with Crippen molar-refractivity contribution in [3.63, 3.8) is 0 Å². The second-order valence-electron chi connectivity index (χ2n) is 6.50. The largest absolute Gasteiger partial charge is 0.447 e. The van der Waals surface area contributed by atoms with Gasteiger partial charge in [-0.15, -0.1) is 11.8 Å². The SMILES string of the molecule is CC(C)OC(=O)NC(=O)C1CCSC1NC(=O)c1cnc2c(c1)NCC2. The van der Waals surface area contributed by atoms with E-state index in [0.717, 1.165) is 30.1 Å². The van der Waals surface area contributed by atoms with Gasteiger partial charge in [-0.05, 0) is 32.1 Å². The first-order valence-electron chi connectivity index (χ1n) is 8.61. The van der Waals surface area contributed by atoms with Gasteiger partial charge in [0.25, 0.3) is 5.91 Å². The molecule has 0 radical (unpaired) electrons. The lowest BCUT2D eigenvalue weighted by atomic mass is 10.1. The number of nitrogens with zero attached hydrogens (tertiary/aromatic N) is 1. The Balaban J connectivity index is 1.60. The van der Waals surface area contributed by atoms with E-state index in [1.165, 1.54) is 11.8 Å². The van der Waals surface area contributed by atoms with Crippen LogP contribution in [0.5, 0.6) is 0 Å². The maximum atomic E-state index is 12.5. The number of hydrogen-bond donors (Lipinski definition) is 3. The molecule has 3 N–H and O–H groups in total. The first-order chi connectivity index (χ1) is 12.4. The molecule has 0 spiro atoms. The molecule has 3 heterocycles. The highest BCUT2D eigenvalue weighted by Gasteiger charge is 2.36. The Labute approximate surface area is 155 Å². The van der Waals surface area contributed by atoms with Crippen LogP contribution in [0.3, 0.4) is 0 Å². The number of alkyl carbamates (subject to hydrolysis) is 1. The summed E-state index contributed by atoms with van der Waals surface area (Å²) in [5.41, 5.74) is 2.28. The quantitative estimate of drug-likeness (QED) is 0.729. The van der Waals surface area contributed by atoms with Gasteiger partial charge in [-0.3, -0.25) is 19.9 Å². The molecule has 0 aliphatic carbocycles. The minimum atomic E-state index is -0.763. The number of fused-ring (bicyclic) bond motifs is 1. The average Bonchev–Trinajstić information content (AvgIpc) is 3.21. The number of carbonyl (C=O) groups is 3. The Bertz CT molecular complexity index is 725. The van der Waals surface area contributed by atoms with Crippen molar-refractivity contribution in [2.24, 2.45) is 5.92 Å². The Morgan fingerprint density at radius 1 is 1.38 bits per heavy atom. The molecule has 3 rings (SSSR count). The molecular weight excluding hydrogens is 356 g/mol. The van der Waals surface area contributed by atoms with Gasteiger partial charge in [-0.1, -0.05) is 0 Å². The number of rotatable bonds is 4. The number of thioether (sulfide) groups is 1. The van der Waals surface area contributed by atoms with Crippen molar-refractivity contribution in [2.75, 3.05) is 17.6 Å². The summed E-state index contributed by atoms with van der Waals surface area (Å²) in [5.74, 6) is -0.466. The van der Waals surface area contributed by atoms with Gasteiger partial charge in [0.05, 0.1) is 34.3 Å². The van der Waals surface area contributed by atoms with Gasteiger partial charge in [-0.2, -0.15) is 0 Å². The molecule has 1 aromatic heterocycles. The summed E-state index contributed by atoms with van der Waals surface area (Å²) in [7, 11) is 0. The van der Waals surface area contributed by atoms with Crippen LogP contribution in [0.4, 0.5) is 10.5 Å². The van der Waals surface area contributed by atoms with Crippen molar-refractivity contribution in [2.45, 2.75) is 38.2 Å². The molecule has 1 fully saturated rings. The van der Waals surface area contributed by atoms with E-state index in [1.54, 1.807) is 26.1 Å². The third-order valence-corrected chi connectivity index (χ3v) is 5.46. The normalized spacial score (nSPS) is 21.0. The summed E-state index contributed by atoms with van der Waals surface area (Å²) in [6.45, 7) is 4.23. The Hall–Kier alpha value is -2.29. The van der Waals surface area contributed by atoms with E-state index in [-0.39, 0.29) is 12.0 Å². The topological polar surface area (TPSA) is 109 Å². The first kappa shape index (κ1) is 18.5. The maximum Gasteiger partial charge on any atom is 0.414 e. The van der Waals surface area contributed by atoms with Crippen LogP contribution in [-0.4, -0.2) is 46.7 Å². The molecule has 3 amide bonds. The number of ether oxygens (including phenoxy) is 1. The number of carbonyl (C=O) groups excluding carboxylic acids is 3. The molecule has 1 aromatic rings. The van der Waals surface area contributed by atoms with E-state index in [0.29, 0.717) is 12.0 Å². The molecule has 26 heavy (non-hydrogen) atoms. The minimum Gasteiger partial charge on any atom is -0.447 e. The lowest BCUT2D eigenvalue weighted by Gasteiger charge is -2.19. The highest BCUT2D eigenvalue weighted by Crippen LogP contribution is 2.31. The van der Waals surface area contributed by atoms with Crippen LogP contribution < -0.4 is 16.0 Å². The summed E-state index contributed by atoms with van der Waals surface area (Å²) in [5, 5.41) is 7.91. The zero-order chi connectivity index (χ0) is 18.7. The maximum absolute atomic E-state index is 12.5. The molecule has 8 nitrogen and oxygen atoms in total. The molecular formula is C17H22N4O4S. The lowest BCUT2D eigenvalue weighted by Crippen LogP contribution is -2.44. The highest BCUT2D eigenvalue weighted by atomic mass is 32.2. The molecule has 9 heteroatoms. The summed E-state index contributed by atoms with van der Waals surface area (Å²) in [4.78, 5) is 40.8. The number of nitrogens with one attached hydrogen (secondary N) is 3. The molecule has 1 saturated heterocycles. The zero-order valence-electron chi connectivity index (χ0n) is 14.7. The fourth-order valence-electron chi connectivity index (χ4n) is 2.93. The van der Waals surface area contributed by atoms with E-state index < -0.39 is 23.3 Å². The number of hydrogen-bond acceptors (Lipinski definition) is 7. The first-order valence-corrected chi connectivity index (χ1v) is 9.65. The standard InChI is InChI=1S/C17H22N4O4S/c1-9(2)25-17(24)21-15(23)11-4-6-26-16(11)20-14(22)10-7-13-12(19-8-10)3-5-18-13/h7-9,11,16,18H,3-6H2,1-2H3,(H,20,22)(H,21,23,24). The van der Waals surface area contributed by atoms with E-state index >= 15 is 0 Å². The van der Waals surface area contributed by atoms with Crippen LogP contribution in [0.2, 0.25) is 0 Å². The van der Waals surface area contributed by atoms with E-state index in [2.05, 4.69) is 20.9 Å². The average molecular weight is 378 g/mol. The van der Waals surface area contributed by atoms with Gasteiger partial charge in [0.2, 0.25) is 5.91 Å². The molecule has 2 atom stereocenters. The van der Waals surface area contributed by atoms with Crippen molar-refractivity contribution in [1.82, 2.24) is 15.6 Å². The van der Waals surface area contributed by atoms with E-state index in [9.17, 15) is 14.4 Å². The van der Waals surface area contributed by atoms with Crippen LogP contribution in [0, 0.1) is 5.92 Å². The second kappa shape index (κ2) is 7.94. The highest BCUT2D eigenvalue weighted by molar-refractivity contribution is 8.00. The van der Waals surface area contributed by atoms with Crippen molar-refractivity contribution < 1.29 is 19.1 Å². The fraction of sp³-hybridized carbons (Fsp3) is 0.529. The molecule has 2 unspecified atom stereocenters. The van der Waals surface area contributed by atoms with Crippen LogP contribution in [0.1, 0.15) is 36.3 Å². The van der Waals surface area contributed by atoms with Gasteiger partial charge in [-0.25, -0.2) is 4.79 Å². The number of anilines is 1. The summed E-state index contributed by atoms with van der Waals surface area (Å²) >= 11 is 1.49. The lowest BCUT2D eigenvalue weighted by molar-refractivity contribution is -0.124. The van der Waals surface area contributed by atoms with Gasteiger partial charge in [0.1, 0.15) is 0 Å². The van der Waals surface area contributed by atoms with Gasteiger partial charge >= 0.3 is 6.09 Å². The minimum absolute atomic E-state index is 0.282. The van der Waals surface area contributed by atoms with Crippen LogP contribution in [0.25, 0.3) is 0 Å². The van der Waals surface area contributed by atoms with Crippen LogP contribution >= 0.6 is 11.8 Å². The predicted octanol–water partition coefficient (Wildman–Crippen LogP) is 1.52. The molecule has 140 valence electrons. The van der Waals surface area contributed by atoms with Crippen molar-refractivity contribution >= 4 is 35.4 Å². The smallest absolute Gasteiger partial charge is 0.414 e. The summed E-state index contributed by atoms with van der Waals surface area (Å²) < 4.78 is 4.93. The fourth-order valence-corrected chi connectivity index (χ4v) is 4.26. The van der Waals surface area contributed by atoms with Gasteiger partial charge < -0.3 is 15.4 Å². The molecule has 0 aromatic carbocycles. The van der Waals surface area contributed by atoms with Crippen LogP contribution in [-0.2, 0) is 16.0 Å². The molecule has 2 aliphatic rings. The monoisotopic (exact) mass is 378 g/mol. The summed E-state index contributed by atoms with van der Waals surface area (Å²) in [6.07, 6.45) is 1.92. The van der Waals surface area contributed by atoms with Gasteiger partial charge in [0, 0.05) is 19.2 Å². The van der Waals surface area contributed by atoms with Crippen LogP contribution in [0.15, 0.2) is 12.3 Å². The second-order valence-corrected chi connectivity index (χ2v) is 7.75. The molecule has 0 bridgehead atoms. The Morgan fingerprint density at radius 2 is 2.19 bits per heavy atom. The van der Waals surface area contributed by atoms with Crippen molar-refractivity contribution in [1.29, 1.82) is 0 Å². The number of pyridine rings is 1. The summed E-state index contributed by atoms with van der Waals surface area (Å²) in [6, 6.07) is 1.78. The zero-order valence-corrected chi connectivity index (χ0v) is 15.5. The van der Waals surface area contributed by atoms with Gasteiger partial charge in [0.15, 0.2) is 0 Å². The third-order valence-electron chi connectivity index (χ3n) is 4.18. The van der Waals surface area contributed by atoms with Crippen molar-refractivity contribution in [3.8, 4) is 0 Å². The Morgan fingerprint density at radius 3 is 2.96 bits per heavy atom. The number of amides is 3. The van der Waals surface area contributed by atoms with E-state index in [1.807, 2.05) is 0 Å². The van der Waals surface area contributed by atoms with Crippen molar-refractivity contribution in [3.05, 3.63) is 23.5 Å². The van der Waals surface area contributed by atoms with E-state index in [4.69, 9.17) is 4.74 Å². The number of aromatic nitrogens is 1. The molecule has 2 aliphatic heterocycles. The third kappa shape index (κ3) is 4.27. The Kier molecular flexibility index (Phi) is 5.65.